The van der Waals surface area contributed by atoms with Crippen LogP contribution in [-0.2, 0) is 0 Å². The van der Waals surface area contributed by atoms with Crippen molar-refractivity contribution in [2.45, 2.75) is 18.8 Å². The van der Waals surface area contributed by atoms with Crippen molar-refractivity contribution in [1.82, 2.24) is 15.1 Å². The first-order valence-corrected chi connectivity index (χ1v) is 9.67. The molecule has 2 fully saturated rings. The van der Waals surface area contributed by atoms with Gasteiger partial charge >= 0.3 is 0 Å². The van der Waals surface area contributed by atoms with Crippen LogP contribution in [0.4, 0.5) is 5.82 Å². The molecule has 0 spiro atoms. The fourth-order valence-corrected chi connectivity index (χ4v) is 3.70. The van der Waals surface area contributed by atoms with E-state index in [1.165, 1.54) is 12.8 Å². The predicted octanol–water partition coefficient (Wildman–Crippen LogP) is 3.07. The third-order valence-electron chi connectivity index (χ3n) is 5.50. The number of methoxy groups -OCH3 is 1. The summed E-state index contributed by atoms with van der Waals surface area (Å²) in [6, 6.07) is 11.5. The van der Waals surface area contributed by atoms with Crippen LogP contribution in [0, 0.1) is 0 Å². The SMILES string of the molecule is COc1cccc2cc(C(=O)N3CCN(c4ccc(C5CC5)nn4)CC3)oc12. The van der Waals surface area contributed by atoms with Gasteiger partial charge in [-0.1, -0.05) is 12.1 Å². The lowest BCUT2D eigenvalue weighted by Gasteiger charge is -2.34. The number of hydrogen-bond donors (Lipinski definition) is 0. The molecule has 7 heteroatoms. The third kappa shape index (κ3) is 3.06. The summed E-state index contributed by atoms with van der Waals surface area (Å²) in [7, 11) is 1.60. The highest BCUT2D eigenvalue weighted by Crippen LogP contribution is 2.38. The minimum atomic E-state index is -0.0898. The lowest BCUT2D eigenvalue weighted by molar-refractivity contribution is 0.0716. The molecule has 0 bridgehead atoms. The number of furan rings is 1. The molecule has 0 atom stereocenters. The number of hydrogen-bond acceptors (Lipinski definition) is 6. The fraction of sp³-hybridized carbons (Fsp3) is 0.381. The Morgan fingerprint density at radius 1 is 1.11 bits per heavy atom. The quantitative estimate of drug-likeness (QED) is 0.695. The maximum Gasteiger partial charge on any atom is 0.289 e. The average molecular weight is 378 g/mol. The molecular weight excluding hydrogens is 356 g/mol. The minimum absolute atomic E-state index is 0.0898. The van der Waals surface area contributed by atoms with Gasteiger partial charge in [0, 0.05) is 37.5 Å². The number of aromatic nitrogens is 2. The molecule has 1 saturated carbocycles. The topological polar surface area (TPSA) is 71.7 Å². The summed E-state index contributed by atoms with van der Waals surface area (Å²) in [5, 5.41) is 9.61. The molecule has 3 heterocycles. The van der Waals surface area contributed by atoms with Gasteiger partial charge in [0.05, 0.1) is 12.8 Å². The number of ether oxygens (including phenoxy) is 1. The van der Waals surface area contributed by atoms with Crippen LogP contribution < -0.4 is 9.64 Å². The first-order valence-electron chi connectivity index (χ1n) is 9.67. The predicted molar refractivity (Wildman–Crippen MR) is 105 cm³/mol. The Balaban J connectivity index is 1.26. The van der Waals surface area contributed by atoms with Gasteiger partial charge in [-0.25, -0.2) is 0 Å². The molecule has 144 valence electrons. The van der Waals surface area contributed by atoms with E-state index in [1.54, 1.807) is 13.2 Å². The number of nitrogens with zero attached hydrogens (tertiary/aromatic N) is 4. The number of amides is 1. The van der Waals surface area contributed by atoms with Gasteiger partial charge in [-0.15, -0.1) is 5.10 Å². The van der Waals surface area contributed by atoms with Crippen molar-refractivity contribution in [3.63, 3.8) is 0 Å². The summed E-state index contributed by atoms with van der Waals surface area (Å²) in [4.78, 5) is 16.9. The van der Waals surface area contributed by atoms with E-state index >= 15 is 0 Å². The number of rotatable bonds is 4. The Kier molecular flexibility index (Phi) is 4.15. The maximum atomic E-state index is 12.9. The monoisotopic (exact) mass is 378 g/mol. The van der Waals surface area contributed by atoms with E-state index in [1.807, 2.05) is 29.2 Å². The minimum Gasteiger partial charge on any atom is -0.493 e. The molecule has 1 aromatic carbocycles. The number of fused-ring (bicyclic) bond motifs is 1. The summed E-state index contributed by atoms with van der Waals surface area (Å²) in [6.07, 6.45) is 2.45. The molecule has 2 aliphatic rings. The second kappa shape index (κ2) is 6.82. The molecule has 1 saturated heterocycles. The van der Waals surface area contributed by atoms with E-state index in [9.17, 15) is 4.79 Å². The molecule has 28 heavy (non-hydrogen) atoms. The number of carbonyl (C=O) groups excluding carboxylic acids is 1. The zero-order valence-corrected chi connectivity index (χ0v) is 15.8. The van der Waals surface area contributed by atoms with Crippen molar-refractivity contribution in [3.8, 4) is 5.75 Å². The molecule has 0 N–H and O–H groups in total. The first-order chi connectivity index (χ1) is 13.7. The van der Waals surface area contributed by atoms with Crippen molar-refractivity contribution in [2.24, 2.45) is 0 Å². The zero-order chi connectivity index (χ0) is 19.1. The summed E-state index contributed by atoms with van der Waals surface area (Å²) in [5.41, 5.74) is 1.70. The van der Waals surface area contributed by atoms with E-state index in [4.69, 9.17) is 9.15 Å². The summed E-state index contributed by atoms with van der Waals surface area (Å²) in [6.45, 7) is 2.71. The van der Waals surface area contributed by atoms with Crippen LogP contribution in [0.1, 0.15) is 35.0 Å². The molecule has 1 aliphatic carbocycles. The number of anilines is 1. The lowest BCUT2D eigenvalue weighted by atomic mass is 10.2. The van der Waals surface area contributed by atoms with Gasteiger partial charge < -0.3 is 19.0 Å². The summed E-state index contributed by atoms with van der Waals surface area (Å²) in [5.74, 6) is 2.38. The number of para-hydroxylation sites is 1. The molecule has 2 aromatic heterocycles. The molecule has 5 rings (SSSR count). The Labute approximate surface area is 162 Å². The smallest absolute Gasteiger partial charge is 0.289 e. The van der Waals surface area contributed by atoms with E-state index in [-0.39, 0.29) is 5.91 Å². The van der Waals surface area contributed by atoms with Gasteiger partial charge in [0.15, 0.2) is 22.9 Å². The molecule has 0 unspecified atom stereocenters. The van der Waals surface area contributed by atoms with E-state index in [2.05, 4.69) is 21.2 Å². The summed E-state index contributed by atoms with van der Waals surface area (Å²) < 4.78 is 11.1. The average Bonchev–Trinajstić information content (AvgIpc) is 3.51. The lowest BCUT2D eigenvalue weighted by Crippen LogP contribution is -2.49. The molecule has 7 nitrogen and oxygen atoms in total. The highest BCUT2D eigenvalue weighted by molar-refractivity contribution is 5.97. The van der Waals surface area contributed by atoms with Crippen LogP contribution in [0.15, 0.2) is 40.8 Å². The highest BCUT2D eigenvalue weighted by Gasteiger charge is 2.27. The van der Waals surface area contributed by atoms with Crippen LogP contribution in [0.5, 0.6) is 5.75 Å². The van der Waals surface area contributed by atoms with E-state index in [0.717, 1.165) is 30.0 Å². The van der Waals surface area contributed by atoms with Crippen molar-refractivity contribution in [1.29, 1.82) is 0 Å². The molecule has 1 aliphatic heterocycles. The number of carbonyl (C=O) groups is 1. The first kappa shape index (κ1) is 17.0. The Morgan fingerprint density at radius 3 is 2.61 bits per heavy atom. The molecule has 0 radical (unpaired) electrons. The van der Waals surface area contributed by atoms with Crippen molar-refractivity contribution >= 4 is 22.7 Å². The van der Waals surface area contributed by atoms with Gasteiger partial charge in [0.1, 0.15) is 0 Å². The van der Waals surface area contributed by atoms with Gasteiger partial charge in [-0.2, -0.15) is 5.10 Å². The maximum absolute atomic E-state index is 12.9. The van der Waals surface area contributed by atoms with Gasteiger partial charge in [0.2, 0.25) is 0 Å². The normalized spacial score (nSPS) is 17.2. The second-order valence-corrected chi connectivity index (χ2v) is 7.36. The van der Waals surface area contributed by atoms with Gasteiger partial charge in [-0.05, 0) is 37.1 Å². The Hall–Kier alpha value is -3.09. The van der Waals surface area contributed by atoms with Crippen molar-refractivity contribution in [3.05, 3.63) is 47.9 Å². The Morgan fingerprint density at radius 2 is 1.93 bits per heavy atom. The fourth-order valence-electron chi connectivity index (χ4n) is 3.70. The van der Waals surface area contributed by atoms with E-state index < -0.39 is 0 Å². The number of benzene rings is 1. The Bertz CT molecular complexity index is 1000. The van der Waals surface area contributed by atoms with Crippen LogP contribution in [0.2, 0.25) is 0 Å². The zero-order valence-electron chi connectivity index (χ0n) is 15.8. The largest absolute Gasteiger partial charge is 0.493 e. The molecular formula is C21H22N4O3. The third-order valence-corrected chi connectivity index (χ3v) is 5.50. The summed E-state index contributed by atoms with van der Waals surface area (Å²) >= 11 is 0. The molecule has 1 amide bonds. The number of piperazine rings is 1. The van der Waals surface area contributed by atoms with Crippen LogP contribution in [0.3, 0.4) is 0 Å². The van der Waals surface area contributed by atoms with Gasteiger partial charge in [-0.3, -0.25) is 4.79 Å². The standard InChI is InChI=1S/C21H22N4O3/c1-27-17-4-2-3-15-13-18(28-20(15)17)21(26)25-11-9-24(10-12-25)19-8-7-16(22-23-19)14-5-6-14/h2-4,7-8,13-14H,5-6,9-12H2,1H3. The van der Waals surface area contributed by atoms with E-state index in [0.29, 0.717) is 36.1 Å². The van der Waals surface area contributed by atoms with Crippen LogP contribution in [-0.4, -0.2) is 54.3 Å². The molecule has 3 aromatic rings. The van der Waals surface area contributed by atoms with Gasteiger partial charge in [0.25, 0.3) is 5.91 Å². The van der Waals surface area contributed by atoms with Crippen molar-refractivity contribution in [2.75, 3.05) is 38.2 Å². The van der Waals surface area contributed by atoms with Crippen LogP contribution >= 0.6 is 0 Å². The van der Waals surface area contributed by atoms with Crippen molar-refractivity contribution < 1.29 is 13.9 Å². The highest BCUT2D eigenvalue weighted by atomic mass is 16.5. The van der Waals surface area contributed by atoms with Crippen LogP contribution in [0.25, 0.3) is 11.0 Å². The second-order valence-electron chi connectivity index (χ2n) is 7.36.